The number of halogens is 3. The number of alkyl halides is 2. The van der Waals surface area contributed by atoms with Crippen molar-refractivity contribution in [1.82, 2.24) is 19.9 Å². The van der Waals surface area contributed by atoms with Gasteiger partial charge in [-0.15, -0.1) is 0 Å². The number of hydrogen-bond acceptors (Lipinski definition) is 8. The Morgan fingerprint density at radius 2 is 1.79 bits per heavy atom. The van der Waals surface area contributed by atoms with Crippen LogP contribution < -0.4 is 15.4 Å². The number of ether oxygens (including phenoxy) is 1. The molecule has 0 aliphatic carbocycles. The lowest BCUT2D eigenvalue weighted by atomic mass is 9.99. The zero-order valence-corrected chi connectivity index (χ0v) is 20.4. The molecule has 0 amide bonds. The molecule has 0 fully saturated rings. The van der Waals surface area contributed by atoms with Gasteiger partial charge in [0.15, 0.2) is 0 Å². The first-order valence-electron chi connectivity index (χ1n) is 11.3. The number of pyridine rings is 2. The average molecular weight is 525 g/mol. The van der Waals surface area contributed by atoms with Gasteiger partial charge in [0, 0.05) is 18.3 Å². The summed E-state index contributed by atoms with van der Waals surface area (Å²) in [5.41, 5.74) is 7.60. The van der Waals surface area contributed by atoms with Gasteiger partial charge in [-0.25, -0.2) is 23.1 Å². The zero-order valence-electron chi connectivity index (χ0n) is 20.4. The van der Waals surface area contributed by atoms with E-state index < -0.39 is 23.9 Å². The van der Waals surface area contributed by atoms with Gasteiger partial charge in [-0.3, -0.25) is 9.78 Å². The van der Waals surface area contributed by atoms with Crippen molar-refractivity contribution < 1.29 is 27.8 Å². The molecule has 12 heteroatoms. The molecule has 1 aromatic carbocycles. The molecule has 0 unspecified atom stereocenters. The van der Waals surface area contributed by atoms with E-state index in [9.17, 15) is 18.0 Å². The topological polar surface area (TPSA) is 127 Å². The third kappa shape index (κ3) is 6.14. The molecule has 4 rings (SSSR count). The maximum atomic E-state index is 13.6. The minimum atomic E-state index is -2.82. The number of likely N-dealkylation sites (N-methyl/N-ethyl adjacent to an activating group) is 1. The van der Waals surface area contributed by atoms with Crippen LogP contribution in [0.5, 0.6) is 5.88 Å². The van der Waals surface area contributed by atoms with Crippen molar-refractivity contribution >= 4 is 17.7 Å². The molecule has 9 nitrogen and oxygen atoms in total. The Bertz CT molecular complexity index is 1470. The minimum absolute atomic E-state index is 0.00580. The summed E-state index contributed by atoms with van der Waals surface area (Å²) in [5.74, 6) is -1.22. The first-order chi connectivity index (χ1) is 18.1. The molecule has 0 saturated carbocycles. The van der Waals surface area contributed by atoms with E-state index in [4.69, 9.17) is 15.6 Å². The summed E-state index contributed by atoms with van der Waals surface area (Å²) >= 11 is 0. The van der Waals surface area contributed by atoms with Gasteiger partial charge in [0.2, 0.25) is 11.8 Å². The summed E-state index contributed by atoms with van der Waals surface area (Å²) in [6.07, 6.45) is -2.82. The van der Waals surface area contributed by atoms with Crippen molar-refractivity contribution in [2.75, 3.05) is 24.2 Å². The van der Waals surface area contributed by atoms with Gasteiger partial charge in [-0.1, -0.05) is 6.07 Å². The van der Waals surface area contributed by atoms with Crippen molar-refractivity contribution in [1.29, 1.82) is 0 Å². The van der Waals surface area contributed by atoms with Crippen molar-refractivity contribution in [3.8, 4) is 28.3 Å². The van der Waals surface area contributed by atoms with Crippen LogP contribution in [0.2, 0.25) is 0 Å². The number of nitrogen functional groups attached to an aromatic ring is 1. The summed E-state index contributed by atoms with van der Waals surface area (Å²) < 4.78 is 46.8. The molecule has 0 radical (unpaired) electrons. The number of anilines is 2. The second-order valence-corrected chi connectivity index (χ2v) is 8.37. The molecule has 3 N–H and O–H groups in total. The summed E-state index contributed by atoms with van der Waals surface area (Å²) in [4.78, 5) is 29.4. The number of benzene rings is 1. The van der Waals surface area contributed by atoms with Gasteiger partial charge in [-0.2, -0.15) is 4.98 Å². The number of aliphatic carboxylic acids is 1. The first kappa shape index (κ1) is 26.3. The number of carbonyl (C=O) groups is 1. The van der Waals surface area contributed by atoms with Crippen molar-refractivity contribution in [2.24, 2.45) is 0 Å². The monoisotopic (exact) mass is 524 g/mol. The number of aromatic nitrogens is 4. The van der Waals surface area contributed by atoms with Gasteiger partial charge in [0.25, 0.3) is 6.43 Å². The Morgan fingerprint density at radius 3 is 2.47 bits per heavy atom. The summed E-state index contributed by atoms with van der Waals surface area (Å²) in [7, 11) is 1.59. The second-order valence-electron chi connectivity index (χ2n) is 8.37. The summed E-state index contributed by atoms with van der Waals surface area (Å²) in [6, 6.07) is 13.3. The Balaban J connectivity index is 1.80. The first-order valence-corrected chi connectivity index (χ1v) is 11.3. The van der Waals surface area contributed by atoms with Crippen LogP contribution in [0.1, 0.15) is 23.5 Å². The highest BCUT2D eigenvalue weighted by Gasteiger charge is 2.22. The SMILES string of the molecule is Cc1cc(-c2c(OCc3cccc(N(C)CC(=O)O)n3)nc(N)nc2-c2ccc(F)cc2)cc(C(F)F)n1. The van der Waals surface area contributed by atoms with E-state index in [1.54, 1.807) is 38.2 Å². The second kappa shape index (κ2) is 11.1. The summed E-state index contributed by atoms with van der Waals surface area (Å²) in [5, 5.41) is 9.05. The zero-order chi connectivity index (χ0) is 27.4. The van der Waals surface area contributed by atoms with Gasteiger partial charge in [0.1, 0.15) is 30.5 Å². The fourth-order valence-electron chi connectivity index (χ4n) is 3.77. The normalized spacial score (nSPS) is 11.0. The van der Waals surface area contributed by atoms with Crippen LogP contribution in [0.4, 0.5) is 24.9 Å². The molecular weight excluding hydrogens is 501 g/mol. The van der Waals surface area contributed by atoms with E-state index in [1.165, 1.54) is 35.2 Å². The van der Waals surface area contributed by atoms with Crippen LogP contribution in [0, 0.1) is 12.7 Å². The molecule has 0 aliphatic rings. The maximum Gasteiger partial charge on any atom is 0.323 e. The molecule has 38 heavy (non-hydrogen) atoms. The lowest BCUT2D eigenvalue weighted by molar-refractivity contribution is -0.135. The predicted octanol–water partition coefficient (Wildman–Crippen LogP) is 4.67. The third-order valence-electron chi connectivity index (χ3n) is 5.41. The number of nitrogens with zero attached hydrogens (tertiary/aromatic N) is 5. The van der Waals surface area contributed by atoms with E-state index in [0.717, 1.165) is 0 Å². The number of aryl methyl sites for hydroxylation is 1. The van der Waals surface area contributed by atoms with E-state index >= 15 is 0 Å². The van der Waals surface area contributed by atoms with Crippen LogP contribution in [-0.4, -0.2) is 44.6 Å². The number of hydrogen-bond donors (Lipinski definition) is 2. The van der Waals surface area contributed by atoms with E-state index in [-0.39, 0.29) is 36.2 Å². The highest BCUT2D eigenvalue weighted by atomic mass is 19.3. The minimum Gasteiger partial charge on any atom is -0.480 e. The number of rotatable bonds is 9. The van der Waals surface area contributed by atoms with Crippen LogP contribution in [-0.2, 0) is 11.4 Å². The lowest BCUT2D eigenvalue weighted by Gasteiger charge is -2.18. The maximum absolute atomic E-state index is 13.6. The van der Waals surface area contributed by atoms with Crippen LogP contribution >= 0.6 is 0 Å². The molecule has 3 heterocycles. The average Bonchev–Trinajstić information content (AvgIpc) is 2.87. The predicted molar refractivity (Wildman–Crippen MR) is 134 cm³/mol. The summed E-state index contributed by atoms with van der Waals surface area (Å²) in [6.45, 7) is 1.22. The highest BCUT2D eigenvalue weighted by molar-refractivity contribution is 5.85. The molecule has 0 spiro atoms. The molecule has 3 aromatic heterocycles. The number of nitrogens with two attached hydrogens (primary N) is 1. The van der Waals surface area contributed by atoms with E-state index in [1.807, 2.05) is 0 Å². The van der Waals surface area contributed by atoms with E-state index in [0.29, 0.717) is 28.3 Å². The van der Waals surface area contributed by atoms with Crippen molar-refractivity contribution in [2.45, 2.75) is 20.0 Å². The number of carboxylic acids is 1. The van der Waals surface area contributed by atoms with Gasteiger partial charge >= 0.3 is 5.97 Å². The van der Waals surface area contributed by atoms with Crippen LogP contribution in [0.3, 0.4) is 0 Å². The largest absolute Gasteiger partial charge is 0.480 e. The van der Waals surface area contributed by atoms with Gasteiger partial charge in [-0.05, 0) is 61.0 Å². The van der Waals surface area contributed by atoms with Crippen molar-refractivity contribution in [3.05, 3.63) is 77.5 Å². The fraction of sp³-hybridized carbons (Fsp3) is 0.192. The Labute approximate surface area is 215 Å². The fourth-order valence-corrected chi connectivity index (χ4v) is 3.77. The molecule has 0 saturated heterocycles. The van der Waals surface area contributed by atoms with Gasteiger partial charge in [0.05, 0.1) is 17.0 Å². The lowest BCUT2D eigenvalue weighted by Crippen LogP contribution is -2.26. The van der Waals surface area contributed by atoms with E-state index in [2.05, 4.69) is 19.9 Å². The molecule has 4 aromatic rings. The highest BCUT2D eigenvalue weighted by Crippen LogP contribution is 2.39. The molecule has 196 valence electrons. The molecular formula is C26H23F3N6O3. The Morgan fingerprint density at radius 1 is 1.05 bits per heavy atom. The standard InChI is InChI=1S/C26H23F3N6O3/c1-14-10-16(11-19(31-14)24(28)29)22-23(15-6-8-17(27)9-7-15)33-26(30)34-25(22)38-13-18-4-3-5-20(32-18)35(2)12-21(36)37/h3-11,24H,12-13H2,1-2H3,(H,36,37)(H2,30,33,34). The van der Waals surface area contributed by atoms with Crippen LogP contribution in [0.15, 0.2) is 54.6 Å². The number of carboxylic acid groups (broad SMARTS) is 1. The smallest absolute Gasteiger partial charge is 0.323 e. The quantitative estimate of drug-likeness (QED) is 0.321. The molecule has 0 bridgehead atoms. The third-order valence-corrected chi connectivity index (χ3v) is 5.41. The van der Waals surface area contributed by atoms with Gasteiger partial charge < -0.3 is 20.5 Å². The Hall–Kier alpha value is -4.74. The molecule has 0 aliphatic heterocycles. The van der Waals surface area contributed by atoms with Crippen molar-refractivity contribution in [3.63, 3.8) is 0 Å². The van der Waals surface area contributed by atoms with Crippen LogP contribution in [0.25, 0.3) is 22.4 Å². The Kier molecular flexibility index (Phi) is 7.70. The molecule has 0 atom stereocenters.